The van der Waals surface area contributed by atoms with E-state index in [1.165, 1.54) is 12.1 Å². The maximum atomic E-state index is 10.8. The van der Waals surface area contributed by atoms with E-state index < -0.39 is 5.97 Å². The van der Waals surface area contributed by atoms with Gasteiger partial charge in [0.25, 0.3) is 0 Å². The van der Waals surface area contributed by atoms with Gasteiger partial charge >= 0.3 is 5.97 Å². The summed E-state index contributed by atoms with van der Waals surface area (Å²) in [7, 11) is 3.38. The molecule has 88 valence electrons. The van der Waals surface area contributed by atoms with Crippen LogP contribution in [0.15, 0.2) is 12.1 Å². The van der Waals surface area contributed by atoms with Crippen LogP contribution in [0.5, 0.6) is 0 Å². The summed E-state index contributed by atoms with van der Waals surface area (Å²) >= 11 is 0. The van der Waals surface area contributed by atoms with Gasteiger partial charge in [-0.05, 0) is 12.1 Å². The standard InChI is InChI=1S/C10H15N3O3/c1-13(5-6-16-2)9-7(11)3-4-8(12-9)10(14)15/h3-4H,5-6,11H2,1-2H3,(H,14,15). The molecule has 0 aromatic carbocycles. The fraction of sp³-hybridized carbons (Fsp3) is 0.400. The molecule has 0 saturated heterocycles. The van der Waals surface area contributed by atoms with E-state index in [4.69, 9.17) is 15.6 Å². The van der Waals surface area contributed by atoms with Crippen LogP contribution in [-0.2, 0) is 4.74 Å². The van der Waals surface area contributed by atoms with Gasteiger partial charge in [0.1, 0.15) is 0 Å². The van der Waals surface area contributed by atoms with Gasteiger partial charge in [-0.15, -0.1) is 0 Å². The number of nitrogens with zero attached hydrogens (tertiary/aromatic N) is 2. The Balaban J connectivity index is 2.92. The maximum absolute atomic E-state index is 10.8. The van der Waals surface area contributed by atoms with Crippen LogP contribution in [0, 0.1) is 0 Å². The van der Waals surface area contributed by atoms with Crippen LogP contribution in [0.25, 0.3) is 0 Å². The average molecular weight is 225 g/mol. The van der Waals surface area contributed by atoms with Crippen molar-refractivity contribution in [3.63, 3.8) is 0 Å². The second-order valence-electron chi connectivity index (χ2n) is 3.33. The number of aromatic nitrogens is 1. The largest absolute Gasteiger partial charge is 0.477 e. The van der Waals surface area contributed by atoms with E-state index in [0.29, 0.717) is 24.7 Å². The van der Waals surface area contributed by atoms with E-state index in [1.807, 2.05) is 0 Å². The Hall–Kier alpha value is -1.82. The van der Waals surface area contributed by atoms with Gasteiger partial charge in [-0.2, -0.15) is 0 Å². The number of carboxylic acid groups (broad SMARTS) is 1. The first kappa shape index (κ1) is 12.3. The normalized spacial score (nSPS) is 10.1. The van der Waals surface area contributed by atoms with Gasteiger partial charge < -0.3 is 20.5 Å². The third-order valence-corrected chi connectivity index (χ3v) is 2.12. The SMILES string of the molecule is COCCN(C)c1nc(C(=O)O)ccc1N. The lowest BCUT2D eigenvalue weighted by molar-refractivity contribution is 0.0690. The number of ether oxygens (including phenoxy) is 1. The van der Waals surface area contributed by atoms with E-state index in [-0.39, 0.29) is 5.69 Å². The molecule has 1 rings (SSSR count). The number of nitrogens with two attached hydrogens (primary N) is 1. The van der Waals surface area contributed by atoms with Gasteiger partial charge in [0.15, 0.2) is 11.5 Å². The molecule has 0 bridgehead atoms. The highest BCUT2D eigenvalue weighted by atomic mass is 16.5. The quantitative estimate of drug-likeness (QED) is 0.756. The van der Waals surface area contributed by atoms with Crippen LogP contribution in [0.3, 0.4) is 0 Å². The average Bonchev–Trinajstić information content (AvgIpc) is 2.26. The third-order valence-electron chi connectivity index (χ3n) is 2.12. The highest BCUT2D eigenvalue weighted by Gasteiger charge is 2.11. The van der Waals surface area contributed by atoms with Gasteiger partial charge in [-0.1, -0.05) is 0 Å². The molecule has 0 amide bonds. The molecule has 0 fully saturated rings. The lowest BCUT2D eigenvalue weighted by Gasteiger charge is -2.19. The van der Waals surface area contributed by atoms with Crippen molar-refractivity contribution >= 4 is 17.5 Å². The van der Waals surface area contributed by atoms with Gasteiger partial charge in [0, 0.05) is 20.7 Å². The Morgan fingerprint density at radius 2 is 2.31 bits per heavy atom. The van der Waals surface area contributed by atoms with E-state index >= 15 is 0 Å². The first-order chi connectivity index (χ1) is 7.56. The van der Waals surface area contributed by atoms with Crippen LogP contribution in [0.1, 0.15) is 10.5 Å². The zero-order chi connectivity index (χ0) is 12.1. The number of aromatic carboxylic acids is 1. The molecule has 0 aliphatic rings. The summed E-state index contributed by atoms with van der Waals surface area (Å²) in [6.07, 6.45) is 0. The predicted molar refractivity (Wildman–Crippen MR) is 60.8 cm³/mol. The second-order valence-corrected chi connectivity index (χ2v) is 3.33. The summed E-state index contributed by atoms with van der Waals surface area (Å²) in [5.41, 5.74) is 6.15. The van der Waals surface area contributed by atoms with Crippen LogP contribution in [-0.4, -0.2) is 43.4 Å². The number of carboxylic acids is 1. The molecule has 0 spiro atoms. The molecule has 16 heavy (non-hydrogen) atoms. The maximum Gasteiger partial charge on any atom is 0.354 e. The Kier molecular flexibility index (Phi) is 4.07. The predicted octanol–water partition coefficient (Wildman–Crippen LogP) is 0.445. The van der Waals surface area contributed by atoms with E-state index in [2.05, 4.69) is 4.98 Å². The van der Waals surface area contributed by atoms with E-state index in [0.717, 1.165) is 0 Å². The monoisotopic (exact) mass is 225 g/mol. The lowest BCUT2D eigenvalue weighted by atomic mass is 10.3. The Bertz CT molecular complexity index is 382. The number of methoxy groups -OCH3 is 1. The number of rotatable bonds is 5. The molecule has 0 radical (unpaired) electrons. The second kappa shape index (κ2) is 5.32. The molecule has 0 aliphatic heterocycles. The zero-order valence-electron chi connectivity index (χ0n) is 9.30. The fourth-order valence-electron chi connectivity index (χ4n) is 1.22. The Morgan fingerprint density at radius 1 is 1.62 bits per heavy atom. The molecule has 6 heteroatoms. The van der Waals surface area contributed by atoms with Crippen molar-refractivity contribution in [2.45, 2.75) is 0 Å². The molecule has 0 saturated carbocycles. The number of hydrogen-bond acceptors (Lipinski definition) is 5. The highest BCUT2D eigenvalue weighted by Crippen LogP contribution is 2.19. The Labute approximate surface area is 93.6 Å². The van der Waals surface area contributed by atoms with Crippen molar-refractivity contribution < 1.29 is 14.6 Å². The lowest BCUT2D eigenvalue weighted by Crippen LogP contribution is -2.24. The van der Waals surface area contributed by atoms with Gasteiger partial charge in [-0.3, -0.25) is 0 Å². The molecule has 1 heterocycles. The topological polar surface area (TPSA) is 88.7 Å². The van der Waals surface area contributed by atoms with Gasteiger partial charge in [0.05, 0.1) is 12.3 Å². The van der Waals surface area contributed by atoms with Gasteiger partial charge in [0.2, 0.25) is 0 Å². The number of anilines is 2. The molecule has 1 aromatic heterocycles. The van der Waals surface area contributed by atoms with Crippen molar-refractivity contribution in [1.29, 1.82) is 0 Å². The molecule has 0 unspecified atom stereocenters. The van der Waals surface area contributed by atoms with Crippen molar-refractivity contribution in [2.24, 2.45) is 0 Å². The molecule has 1 aromatic rings. The molecule has 6 nitrogen and oxygen atoms in total. The van der Waals surface area contributed by atoms with E-state index in [9.17, 15) is 4.79 Å². The van der Waals surface area contributed by atoms with Crippen LogP contribution < -0.4 is 10.6 Å². The minimum absolute atomic E-state index is 0.0199. The van der Waals surface area contributed by atoms with E-state index in [1.54, 1.807) is 19.1 Å². The fourth-order valence-corrected chi connectivity index (χ4v) is 1.22. The summed E-state index contributed by atoms with van der Waals surface area (Å²) in [6, 6.07) is 2.92. The summed E-state index contributed by atoms with van der Waals surface area (Å²) in [5, 5.41) is 8.81. The molecular weight excluding hydrogens is 210 g/mol. The third kappa shape index (κ3) is 2.83. The van der Waals surface area contributed by atoms with Crippen LogP contribution >= 0.6 is 0 Å². The minimum Gasteiger partial charge on any atom is -0.477 e. The van der Waals surface area contributed by atoms with Crippen molar-refractivity contribution in [1.82, 2.24) is 4.98 Å². The highest BCUT2D eigenvalue weighted by molar-refractivity contribution is 5.86. The summed E-state index contributed by atoms with van der Waals surface area (Å²) < 4.78 is 4.92. The summed E-state index contributed by atoms with van der Waals surface area (Å²) in [5.74, 6) is -0.613. The van der Waals surface area contributed by atoms with Crippen molar-refractivity contribution in [3.05, 3.63) is 17.8 Å². The van der Waals surface area contributed by atoms with Crippen LogP contribution in [0.2, 0.25) is 0 Å². The Morgan fingerprint density at radius 3 is 2.88 bits per heavy atom. The number of nitrogen functional groups attached to an aromatic ring is 1. The number of carbonyl (C=O) groups is 1. The number of hydrogen-bond donors (Lipinski definition) is 2. The summed E-state index contributed by atoms with van der Waals surface area (Å²) in [6.45, 7) is 1.12. The van der Waals surface area contributed by atoms with Crippen molar-refractivity contribution in [3.8, 4) is 0 Å². The number of pyridine rings is 1. The van der Waals surface area contributed by atoms with Crippen molar-refractivity contribution in [2.75, 3.05) is 37.9 Å². The first-order valence-electron chi connectivity index (χ1n) is 4.76. The molecule has 0 atom stereocenters. The molecule has 0 aliphatic carbocycles. The molecule has 3 N–H and O–H groups in total. The smallest absolute Gasteiger partial charge is 0.354 e. The minimum atomic E-state index is -1.07. The summed E-state index contributed by atoms with van der Waals surface area (Å²) in [4.78, 5) is 16.5. The number of likely N-dealkylation sites (N-methyl/N-ethyl adjacent to an activating group) is 1. The zero-order valence-corrected chi connectivity index (χ0v) is 9.30. The first-order valence-corrected chi connectivity index (χ1v) is 4.76. The molecular formula is C10H15N3O3. The van der Waals surface area contributed by atoms with Gasteiger partial charge in [-0.25, -0.2) is 9.78 Å². The van der Waals surface area contributed by atoms with Crippen LogP contribution in [0.4, 0.5) is 11.5 Å².